The second-order valence-corrected chi connectivity index (χ2v) is 5.06. The van der Waals surface area contributed by atoms with Crippen molar-refractivity contribution in [3.63, 3.8) is 0 Å². The Balaban J connectivity index is 1.98. The van der Waals surface area contributed by atoms with Gasteiger partial charge in [0.2, 0.25) is 5.91 Å². The van der Waals surface area contributed by atoms with Crippen LogP contribution in [-0.4, -0.2) is 21.7 Å². The standard InChI is InChI=1S/C17H16N2O2/c1-12(20)19-16(14-9-5-6-10-17(14)21)11-15(18-19)13-7-3-2-4-8-13/h2-10,16,21H,11H2,1H3/t16-/m0/s1. The molecule has 0 fully saturated rings. The summed E-state index contributed by atoms with van der Waals surface area (Å²) in [5.41, 5.74) is 2.59. The van der Waals surface area contributed by atoms with Crippen LogP contribution in [0.25, 0.3) is 0 Å². The van der Waals surface area contributed by atoms with Gasteiger partial charge >= 0.3 is 0 Å². The van der Waals surface area contributed by atoms with Crippen LogP contribution in [-0.2, 0) is 4.79 Å². The molecule has 4 heteroatoms. The largest absolute Gasteiger partial charge is 0.508 e. The van der Waals surface area contributed by atoms with E-state index in [0.29, 0.717) is 6.42 Å². The van der Waals surface area contributed by atoms with Crippen molar-refractivity contribution >= 4 is 11.6 Å². The van der Waals surface area contributed by atoms with Gasteiger partial charge in [0.1, 0.15) is 5.75 Å². The summed E-state index contributed by atoms with van der Waals surface area (Å²) in [6.07, 6.45) is 0.598. The zero-order valence-electron chi connectivity index (χ0n) is 11.7. The third-order valence-corrected chi connectivity index (χ3v) is 3.64. The number of hydrogen-bond donors (Lipinski definition) is 1. The zero-order valence-corrected chi connectivity index (χ0v) is 11.7. The van der Waals surface area contributed by atoms with E-state index >= 15 is 0 Å². The monoisotopic (exact) mass is 280 g/mol. The molecular formula is C17H16N2O2. The van der Waals surface area contributed by atoms with Crippen LogP contribution in [0.4, 0.5) is 0 Å². The highest BCUT2D eigenvalue weighted by Gasteiger charge is 2.32. The topological polar surface area (TPSA) is 52.9 Å². The Morgan fingerprint density at radius 1 is 1.14 bits per heavy atom. The summed E-state index contributed by atoms with van der Waals surface area (Å²) >= 11 is 0. The van der Waals surface area contributed by atoms with Crippen molar-refractivity contribution in [2.24, 2.45) is 5.10 Å². The molecule has 1 atom stereocenters. The molecule has 0 saturated carbocycles. The zero-order chi connectivity index (χ0) is 14.8. The summed E-state index contributed by atoms with van der Waals surface area (Å²) in [5, 5.41) is 15.9. The minimum atomic E-state index is -0.251. The smallest absolute Gasteiger partial charge is 0.240 e. The van der Waals surface area contributed by atoms with E-state index in [0.717, 1.165) is 16.8 Å². The van der Waals surface area contributed by atoms with Gasteiger partial charge in [0.25, 0.3) is 0 Å². The minimum Gasteiger partial charge on any atom is -0.508 e. The number of para-hydroxylation sites is 1. The van der Waals surface area contributed by atoms with Gasteiger partial charge in [-0.1, -0.05) is 48.5 Å². The highest BCUT2D eigenvalue weighted by Crippen LogP contribution is 2.36. The van der Waals surface area contributed by atoms with Gasteiger partial charge in [0.15, 0.2) is 0 Å². The minimum absolute atomic E-state index is 0.130. The van der Waals surface area contributed by atoms with Crippen LogP contribution < -0.4 is 0 Å². The summed E-state index contributed by atoms with van der Waals surface area (Å²) in [6.45, 7) is 1.49. The van der Waals surface area contributed by atoms with Crippen LogP contribution in [0, 0.1) is 0 Å². The molecule has 0 saturated heterocycles. The number of benzene rings is 2. The molecule has 1 heterocycles. The van der Waals surface area contributed by atoms with Crippen molar-refractivity contribution < 1.29 is 9.90 Å². The van der Waals surface area contributed by atoms with Crippen LogP contribution in [0.1, 0.15) is 30.5 Å². The summed E-state index contributed by atoms with van der Waals surface area (Å²) in [6, 6.07) is 16.6. The Bertz CT molecular complexity index is 695. The quantitative estimate of drug-likeness (QED) is 0.919. The maximum absolute atomic E-state index is 11.9. The third kappa shape index (κ3) is 2.52. The number of amides is 1. The molecule has 2 aromatic carbocycles. The maximum Gasteiger partial charge on any atom is 0.240 e. The predicted molar refractivity (Wildman–Crippen MR) is 81.0 cm³/mol. The van der Waals surface area contributed by atoms with Gasteiger partial charge in [-0.2, -0.15) is 5.10 Å². The fourth-order valence-electron chi connectivity index (χ4n) is 2.62. The number of nitrogens with zero attached hydrogens (tertiary/aromatic N) is 2. The average molecular weight is 280 g/mol. The molecule has 2 aromatic rings. The number of carbonyl (C=O) groups is 1. The van der Waals surface area contributed by atoms with E-state index in [1.54, 1.807) is 12.1 Å². The third-order valence-electron chi connectivity index (χ3n) is 3.64. The van der Waals surface area contributed by atoms with Crippen molar-refractivity contribution in [3.8, 4) is 5.75 Å². The fraction of sp³-hybridized carbons (Fsp3) is 0.176. The lowest BCUT2D eigenvalue weighted by atomic mass is 9.98. The van der Waals surface area contributed by atoms with E-state index in [1.165, 1.54) is 11.9 Å². The van der Waals surface area contributed by atoms with Crippen molar-refractivity contribution in [1.29, 1.82) is 0 Å². The lowest BCUT2D eigenvalue weighted by Crippen LogP contribution is -2.24. The van der Waals surface area contributed by atoms with Crippen molar-refractivity contribution in [3.05, 3.63) is 65.7 Å². The van der Waals surface area contributed by atoms with Gasteiger partial charge in [-0.15, -0.1) is 0 Å². The number of hydrogen-bond acceptors (Lipinski definition) is 3. The summed E-state index contributed by atoms with van der Waals surface area (Å²) in [5.74, 6) is 0.0624. The first-order valence-corrected chi connectivity index (χ1v) is 6.87. The fourth-order valence-corrected chi connectivity index (χ4v) is 2.62. The predicted octanol–water partition coefficient (Wildman–Crippen LogP) is 3.09. The van der Waals surface area contributed by atoms with Crippen LogP contribution in [0.2, 0.25) is 0 Å². The normalized spacial score (nSPS) is 17.7. The number of rotatable bonds is 2. The number of carbonyl (C=O) groups excluding carboxylic acids is 1. The molecule has 4 nitrogen and oxygen atoms in total. The Kier molecular flexibility index (Phi) is 3.44. The molecule has 0 aromatic heterocycles. The molecule has 0 bridgehead atoms. The van der Waals surface area contributed by atoms with Crippen LogP contribution in [0.15, 0.2) is 59.7 Å². The number of hydrazone groups is 1. The number of aromatic hydroxyl groups is 1. The summed E-state index contributed by atoms with van der Waals surface area (Å²) in [4.78, 5) is 11.9. The average Bonchev–Trinajstić information content (AvgIpc) is 2.94. The lowest BCUT2D eigenvalue weighted by molar-refractivity contribution is -0.130. The van der Waals surface area contributed by atoms with Crippen LogP contribution in [0.3, 0.4) is 0 Å². The number of phenols is 1. The molecule has 1 amide bonds. The van der Waals surface area contributed by atoms with Crippen molar-refractivity contribution in [2.75, 3.05) is 0 Å². The second kappa shape index (κ2) is 5.40. The molecule has 3 rings (SSSR count). The molecular weight excluding hydrogens is 264 g/mol. The van der Waals surface area contributed by atoms with E-state index in [2.05, 4.69) is 5.10 Å². The number of phenolic OH excluding ortho intramolecular Hbond substituents is 1. The maximum atomic E-state index is 11.9. The Hall–Kier alpha value is -2.62. The van der Waals surface area contributed by atoms with Crippen LogP contribution in [0.5, 0.6) is 5.75 Å². The van der Waals surface area contributed by atoms with E-state index in [-0.39, 0.29) is 17.7 Å². The first kappa shape index (κ1) is 13.4. The molecule has 0 radical (unpaired) electrons. The summed E-state index contributed by atoms with van der Waals surface area (Å²) in [7, 11) is 0. The molecule has 0 spiro atoms. The van der Waals surface area contributed by atoms with E-state index in [4.69, 9.17) is 0 Å². The molecule has 0 unspecified atom stereocenters. The van der Waals surface area contributed by atoms with Gasteiger partial charge in [-0.05, 0) is 11.6 Å². The highest BCUT2D eigenvalue weighted by atomic mass is 16.3. The van der Waals surface area contributed by atoms with Gasteiger partial charge in [-0.25, -0.2) is 5.01 Å². The molecule has 106 valence electrons. The first-order chi connectivity index (χ1) is 10.2. The first-order valence-electron chi connectivity index (χ1n) is 6.87. The van der Waals surface area contributed by atoms with E-state index in [9.17, 15) is 9.90 Å². The van der Waals surface area contributed by atoms with Gasteiger partial charge < -0.3 is 5.11 Å². The highest BCUT2D eigenvalue weighted by molar-refractivity contribution is 6.03. The Morgan fingerprint density at radius 3 is 2.48 bits per heavy atom. The van der Waals surface area contributed by atoms with Gasteiger partial charge in [0.05, 0.1) is 11.8 Å². The van der Waals surface area contributed by atoms with Crippen LogP contribution >= 0.6 is 0 Å². The van der Waals surface area contributed by atoms with E-state index < -0.39 is 0 Å². The second-order valence-electron chi connectivity index (χ2n) is 5.06. The lowest BCUT2D eigenvalue weighted by Gasteiger charge is -2.21. The Labute approximate surface area is 123 Å². The van der Waals surface area contributed by atoms with Crippen molar-refractivity contribution in [2.45, 2.75) is 19.4 Å². The summed E-state index contributed by atoms with van der Waals surface area (Å²) < 4.78 is 0. The Morgan fingerprint density at radius 2 is 1.81 bits per heavy atom. The van der Waals surface area contributed by atoms with Gasteiger partial charge in [-0.3, -0.25) is 4.79 Å². The molecule has 0 aliphatic carbocycles. The molecule has 1 aliphatic rings. The van der Waals surface area contributed by atoms with E-state index in [1.807, 2.05) is 42.5 Å². The van der Waals surface area contributed by atoms with Gasteiger partial charge in [0, 0.05) is 18.9 Å². The molecule has 21 heavy (non-hydrogen) atoms. The molecule has 1 aliphatic heterocycles. The van der Waals surface area contributed by atoms with Crippen molar-refractivity contribution in [1.82, 2.24) is 5.01 Å². The SMILES string of the molecule is CC(=O)N1N=C(c2ccccc2)C[C@H]1c1ccccc1O. The molecule has 1 N–H and O–H groups in total.